The number of nitrogens with zero attached hydrogens (tertiary/aromatic N) is 1. The van der Waals surface area contributed by atoms with Crippen molar-refractivity contribution in [1.82, 2.24) is 10.2 Å². The molecular weight excluding hydrogens is 282 g/mol. The van der Waals surface area contributed by atoms with Crippen molar-refractivity contribution in [2.24, 2.45) is 0 Å². The van der Waals surface area contributed by atoms with E-state index in [1.54, 1.807) is 0 Å². The topological polar surface area (TPSA) is 69.6 Å². The number of rotatable bonds is 5. The average Bonchev–Trinajstić information content (AvgIpc) is 2.94. The van der Waals surface area contributed by atoms with Crippen LogP contribution in [0.25, 0.3) is 0 Å². The van der Waals surface area contributed by atoms with Gasteiger partial charge in [-0.15, -0.1) is 0 Å². The molecule has 0 aliphatic carbocycles. The van der Waals surface area contributed by atoms with Crippen LogP contribution in [0.15, 0.2) is 12.1 Å². The number of halogens is 2. The van der Waals surface area contributed by atoms with E-state index in [9.17, 15) is 18.4 Å². The molecule has 0 bridgehead atoms. The summed E-state index contributed by atoms with van der Waals surface area (Å²) in [5, 5.41) is 11.5. The van der Waals surface area contributed by atoms with Crippen molar-refractivity contribution in [3.8, 4) is 0 Å². The van der Waals surface area contributed by atoms with Crippen LogP contribution < -0.4 is 5.32 Å². The maximum atomic E-state index is 13.2. The fourth-order valence-electron chi connectivity index (χ4n) is 2.34. The van der Waals surface area contributed by atoms with Crippen molar-refractivity contribution in [3.63, 3.8) is 0 Å². The summed E-state index contributed by atoms with van der Waals surface area (Å²) < 4.78 is 26.3. The summed E-state index contributed by atoms with van der Waals surface area (Å²) in [6.45, 7) is 2.93. The molecule has 1 heterocycles. The van der Waals surface area contributed by atoms with E-state index >= 15 is 0 Å². The van der Waals surface area contributed by atoms with Gasteiger partial charge in [0.05, 0.1) is 11.1 Å². The standard InChI is InChI=1S/C14H16F2N2O3/c15-11-7-9(10(14(20)21)8-12(11)16)13(19)17-3-6-18-4-1-2-5-18/h7-8H,1-6H2,(H,17,19)(H,20,21). The van der Waals surface area contributed by atoms with Gasteiger partial charge in [-0.1, -0.05) is 0 Å². The van der Waals surface area contributed by atoms with Crippen molar-refractivity contribution in [3.05, 3.63) is 34.9 Å². The first-order valence-corrected chi connectivity index (χ1v) is 6.72. The molecule has 5 nitrogen and oxygen atoms in total. The van der Waals surface area contributed by atoms with Crippen LogP contribution in [-0.2, 0) is 0 Å². The van der Waals surface area contributed by atoms with Gasteiger partial charge in [-0.2, -0.15) is 0 Å². The molecule has 7 heteroatoms. The van der Waals surface area contributed by atoms with Crippen LogP contribution in [0.3, 0.4) is 0 Å². The molecule has 0 unspecified atom stereocenters. The fraction of sp³-hybridized carbons (Fsp3) is 0.429. The van der Waals surface area contributed by atoms with Crippen molar-refractivity contribution >= 4 is 11.9 Å². The highest BCUT2D eigenvalue weighted by atomic mass is 19.2. The van der Waals surface area contributed by atoms with Gasteiger partial charge in [-0.25, -0.2) is 13.6 Å². The third-order valence-corrected chi connectivity index (χ3v) is 3.45. The molecule has 1 aromatic rings. The van der Waals surface area contributed by atoms with Gasteiger partial charge in [0, 0.05) is 13.1 Å². The minimum Gasteiger partial charge on any atom is -0.478 e. The molecule has 1 aliphatic rings. The largest absolute Gasteiger partial charge is 0.478 e. The molecule has 2 N–H and O–H groups in total. The van der Waals surface area contributed by atoms with E-state index in [1.165, 1.54) is 0 Å². The number of amides is 1. The van der Waals surface area contributed by atoms with Crippen molar-refractivity contribution in [1.29, 1.82) is 0 Å². The summed E-state index contributed by atoms with van der Waals surface area (Å²) >= 11 is 0. The SMILES string of the molecule is O=C(O)c1cc(F)c(F)cc1C(=O)NCCN1CCCC1. The van der Waals surface area contributed by atoms with Gasteiger partial charge < -0.3 is 15.3 Å². The van der Waals surface area contributed by atoms with Crippen LogP contribution >= 0.6 is 0 Å². The second-order valence-electron chi connectivity index (χ2n) is 4.92. The fourth-order valence-corrected chi connectivity index (χ4v) is 2.34. The van der Waals surface area contributed by atoms with Gasteiger partial charge in [0.1, 0.15) is 0 Å². The highest BCUT2D eigenvalue weighted by Gasteiger charge is 2.20. The Labute approximate surface area is 120 Å². The van der Waals surface area contributed by atoms with E-state index in [2.05, 4.69) is 10.2 Å². The molecule has 1 aromatic carbocycles. The first-order chi connectivity index (χ1) is 9.99. The smallest absolute Gasteiger partial charge is 0.336 e. The van der Waals surface area contributed by atoms with Gasteiger partial charge in [0.2, 0.25) is 0 Å². The number of aromatic carboxylic acids is 1. The molecule has 0 saturated carbocycles. The molecule has 21 heavy (non-hydrogen) atoms. The molecule has 0 aromatic heterocycles. The molecule has 1 fully saturated rings. The Bertz CT molecular complexity index is 557. The normalized spacial score (nSPS) is 15.1. The lowest BCUT2D eigenvalue weighted by Gasteiger charge is -2.15. The number of hydrogen-bond donors (Lipinski definition) is 2. The Kier molecular flexibility index (Phi) is 4.85. The van der Waals surface area contributed by atoms with E-state index in [0.717, 1.165) is 25.9 Å². The summed E-state index contributed by atoms with van der Waals surface area (Å²) in [5.41, 5.74) is -0.921. The number of hydrogen-bond acceptors (Lipinski definition) is 3. The number of nitrogens with one attached hydrogen (secondary N) is 1. The Morgan fingerprint density at radius 2 is 1.71 bits per heavy atom. The molecule has 0 atom stereocenters. The third kappa shape index (κ3) is 3.75. The molecule has 1 aliphatic heterocycles. The summed E-state index contributed by atoms with van der Waals surface area (Å²) in [4.78, 5) is 25.1. The van der Waals surface area contributed by atoms with Crippen LogP contribution in [0, 0.1) is 11.6 Å². The van der Waals surface area contributed by atoms with Crippen molar-refractivity contribution < 1.29 is 23.5 Å². The number of likely N-dealkylation sites (tertiary alicyclic amines) is 1. The van der Waals surface area contributed by atoms with E-state index in [1.807, 2.05) is 0 Å². The highest BCUT2D eigenvalue weighted by Crippen LogP contribution is 2.15. The van der Waals surface area contributed by atoms with Gasteiger partial charge in [-0.05, 0) is 38.1 Å². The van der Waals surface area contributed by atoms with Crippen LogP contribution in [-0.4, -0.2) is 48.1 Å². The second-order valence-corrected chi connectivity index (χ2v) is 4.92. The zero-order valence-electron chi connectivity index (χ0n) is 11.4. The summed E-state index contributed by atoms with van der Waals surface area (Å²) in [7, 11) is 0. The number of carbonyl (C=O) groups excluding carboxylic acids is 1. The molecule has 114 valence electrons. The number of carbonyl (C=O) groups is 2. The van der Waals surface area contributed by atoms with Crippen LogP contribution in [0.1, 0.15) is 33.6 Å². The summed E-state index contributed by atoms with van der Waals surface area (Å²) in [6, 6.07) is 1.14. The van der Waals surface area contributed by atoms with Crippen LogP contribution in [0.5, 0.6) is 0 Å². The maximum Gasteiger partial charge on any atom is 0.336 e. The molecule has 1 saturated heterocycles. The second kappa shape index (κ2) is 6.62. The van der Waals surface area contributed by atoms with Gasteiger partial charge in [0.15, 0.2) is 11.6 Å². The van der Waals surface area contributed by atoms with E-state index in [-0.39, 0.29) is 5.56 Å². The molecular formula is C14H16F2N2O3. The minimum absolute atomic E-state index is 0.330. The predicted molar refractivity (Wildman–Crippen MR) is 71.3 cm³/mol. The van der Waals surface area contributed by atoms with E-state index in [4.69, 9.17) is 5.11 Å². The first kappa shape index (κ1) is 15.4. The molecule has 0 radical (unpaired) electrons. The number of benzene rings is 1. The third-order valence-electron chi connectivity index (χ3n) is 3.45. The summed E-state index contributed by atoms with van der Waals surface area (Å²) in [6.07, 6.45) is 2.25. The van der Waals surface area contributed by atoms with Crippen LogP contribution in [0.4, 0.5) is 8.78 Å². The monoisotopic (exact) mass is 298 g/mol. The highest BCUT2D eigenvalue weighted by molar-refractivity contribution is 6.04. The van der Waals surface area contributed by atoms with Gasteiger partial charge in [-0.3, -0.25) is 4.79 Å². The molecule has 1 amide bonds. The predicted octanol–water partition coefficient (Wildman–Crippen LogP) is 1.49. The lowest BCUT2D eigenvalue weighted by atomic mass is 10.1. The van der Waals surface area contributed by atoms with E-state index in [0.29, 0.717) is 25.2 Å². The Hall–Kier alpha value is -2.02. The van der Waals surface area contributed by atoms with E-state index < -0.39 is 29.1 Å². The minimum atomic E-state index is -1.47. The maximum absolute atomic E-state index is 13.2. The zero-order chi connectivity index (χ0) is 15.4. The van der Waals surface area contributed by atoms with Crippen LogP contribution in [0.2, 0.25) is 0 Å². The van der Waals surface area contributed by atoms with Gasteiger partial charge in [0.25, 0.3) is 5.91 Å². The average molecular weight is 298 g/mol. The molecule has 2 rings (SSSR count). The molecule has 0 spiro atoms. The van der Waals surface area contributed by atoms with Crippen molar-refractivity contribution in [2.45, 2.75) is 12.8 Å². The Morgan fingerprint density at radius 3 is 2.29 bits per heavy atom. The quantitative estimate of drug-likeness (QED) is 0.864. The summed E-state index contributed by atoms with van der Waals surface area (Å²) in [5.74, 6) is -4.73. The zero-order valence-corrected chi connectivity index (χ0v) is 11.4. The lowest BCUT2D eigenvalue weighted by Crippen LogP contribution is -2.34. The van der Waals surface area contributed by atoms with Gasteiger partial charge >= 0.3 is 5.97 Å². The lowest BCUT2D eigenvalue weighted by molar-refractivity contribution is 0.0690. The Morgan fingerprint density at radius 1 is 1.14 bits per heavy atom. The first-order valence-electron chi connectivity index (χ1n) is 6.72. The number of carboxylic acids is 1. The number of carboxylic acid groups (broad SMARTS) is 1. The van der Waals surface area contributed by atoms with Crippen molar-refractivity contribution in [2.75, 3.05) is 26.2 Å². The Balaban J connectivity index is 2.03.